The van der Waals surface area contributed by atoms with E-state index in [0.717, 1.165) is 0 Å². The van der Waals surface area contributed by atoms with E-state index >= 15 is 0 Å². The Bertz CT molecular complexity index is 11.6. The van der Waals surface area contributed by atoms with Gasteiger partial charge < -0.3 is 5.48 Å². The van der Waals surface area contributed by atoms with E-state index in [2.05, 4.69) is 17.3 Å². The summed E-state index contributed by atoms with van der Waals surface area (Å²) in [5, 5.41) is 0. The van der Waals surface area contributed by atoms with E-state index < -0.39 is 0 Å². The predicted molar refractivity (Wildman–Crippen MR) is 27.0 cm³/mol. The Morgan fingerprint density at radius 2 is 1.00 bits per heavy atom. The summed E-state index contributed by atoms with van der Waals surface area (Å²) in [6.45, 7) is 0. The third-order valence-electron chi connectivity index (χ3n) is 0. The second-order valence-electron chi connectivity index (χ2n) is 1.50. The third-order valence-corrected chi connectivity index (χ3v) is 0. The molecule has 0 unspecified atom stereocenters. The molecule has 0 aliphatic carbocycles. The Morgan fingerprint density at radius 1 is 1.00 bits per heavy atom. The molecule has 0 atom stereocenters. The minimum atomic E-state index is -0.333. The minimum absolute atomic E-state index is 0. The molecule has 0 rings (SSSR count). The summed E-state index contributed by atoms with van der Waals surface area (Å²) < 4.78 is 0. The Balaban J connectivity index is 0. The van der Waals surface area contributed by atoms with Gasteiger partial charge in [-0.1, -0.05) is 0 Å². The monoisotopic (exact) mass is 137 g/mol. The van der Waals surface area contributed by atoms with Gasteiger partial charge in [-0.25, -0.2) is 0 Å². The molecule has 0 bridgehead atoms. The van der Waals surface area contributed by atoms with E-state index in [0.29, 0.717) is 0 Å². The molecule has 0 amide bonds. The molecule has 0 heterocycles. The van der Waals surface area contributed by atoms with E-state index in [1.807, 2.05) is 0 Å². The third kappa shape index (κ3) is 112. The van der Waals surface area contributed by atoms with E-state index in [1.54, 1.807) is 0 Å². The van der Waals surface area contributed by atoms with Crippen molar-refractivity contribution in [2.75, 3.05) is 0 Å². The average Bonchev–Trinajstić information content (AvgIpc) is 0.811. The molecule has 0 spiro atoms. The van der Waals surface area contributed by atoms with Gasteiger partial charge in [0.1, 0.15) is 0 Å². The van der Waals surface area contributed by atoms with Gasteiger partial charge in [0, 0.05) is 0 Å². The van der Waals surface area contributed by atoms with Crippen molar-refractivity contribution in [1.82, 2.24) is 0 Å². The Kier molecular flexibility index (Phi) is 8.19. The van der Waals surface area contributed by atoms with Crippen LogP contribution in [0.4, 0.5) is 0 Å². The molecule has 0 saturated carbocycles. The summed E-state index contributed by atoms with van der Waals surface area (Å²) in [7, 11) is 0. The quantitative estimate of drug-likeness (QED) is 0.435. The zero-order valence-electron chi connectivity index (χ0n) is 4.00. The fourth-order valence-corrected chi connectivity index (χ4v) is 0. The molecule has 2 N–H and O–H groups in total. The van der Waals surface area contributed by atoms with Crippen molar-refractivity contribution < 1.29 is 5.48 Å². The molecule has 0 aliphatic rings. The van der Waals surface area contributed by atoms with E-state index in [9.17, 15) is 0 Å². The number of rotatable bonds is 0. The van der Waals surface area contributed by atoms with Crippen LogP contribution in [-0.4, -0.2) is 19.8 Å². The van der Waals surface area contributed by atoms with E-state index in [4.69, 9.17) is 0 Å². The van der Waals surface area contributed by atoms with Crippen LogP contribution in [0.5, 0.6) is 0 Å². The van der Waals surface area contributed by atoms with Gasteiger partial charge in [-0.15, -0.1) is 0 Å². The van der Waals surface area contributed by atoms with Crippen LogP contribution in [0.2, 0.25) is 17.3 Å². The van der Waals surface area contributed by atoms with Gasteiger partial charge >= 0.3 is 31.6 Å². The van der Waals surface area contributed by atoms with Crippen LogP contribution in [0.3, 0.4) is 0 Å². The van der Waals surface area contributed by atoms with Gasteiger partial charge in [-0.2, -0.15) is 0 Å². The molecule has 0 aliphatic heterocycles. The Labute approximate surface area is 37.8 Å². The van der Waals surface area contributed by atoms with Crippen molar-refractivity contribution in [2.45, 2.75) is 17.3 Å². The van der Waals surface area contributed by atoms with Gasteiger partial charge in [0.15, 0.2) is 0 Å². The van der Waals surface area contributed by atoms with Crippen LogP contribution < -0.4 is 0 Å². The molecular formula is C3H11GeO. The van der Waals surface area contributed by atoms with E-state index in [1.165, 1.54) is 0 Å². The zero-order chi connectivity index (χ0) is 3.58. The summed E-state index contributed by atoms with van der Waals surface area (Å²) >= 11 is -0.333. The first-order valence-corrected chi connectivity index (χ1v) is 7.79. The SMILES string of the molecule is O.[CH3][Ge]([CH3])[CH3]. The summed E-state index contributed by atoms with van der Waals surface area (Å²) in [6.07, 6.45) is 0. The molecule has 0 fully saturated rings. The summed E-state index contributed by atoms with van der Waals surface area (Å²) in [4.78, 5) is 0. The maximum absolute atomic E-state index is 2.33. The average molecular weight is 136 g/mol. The Hall–Kier alpha value is 0.503. The first-order chi connectivity index (χ1) is 1.73. The molecule has 0 aromatic rings. The topological polar surface area (TPSA) is 31.5 Å². The molecule has 0 aromatic carbocycles. The van der Waals surface area contributed by atoms with Crippen molar-refractivity contribution in [1.29, 1.82) is 0 Å². The molecule has 5 heavy (non-hydrogen) atoms. The molecule has 0 saturated heterocycles. The number of hydrogen-bond donors (Lipinski definition) is 0. The van der Waals surface area contributed by atoms with Gasteiger partial charge in [0.2, 0.25) is 0 Å². The Morgan fingerprint density at radius 3 is 1.00 bits per heavy atom. The summed E-state index contributed by atoms with van der Waals surface area (Å²) in [5.74, 6) is 7.00. The first-order valence-electron chi connectivity index (χ1n) is 1.50. The summed E-state index contributed by atoms with van der Waals surface area (Å²) in [6, 6.07) is 0. The molecule has 1 nitrogen and oxygen atoms in total. The number of hydrogen-bond acceptors (Lipinski definition) is 0. The van der Waals surface area contributed by atoms with Crippen LogP contribution in [0.25, 0.3) is 0 Å². The fourth-order valence-electron chi connectivity index (χ4n) is 0. The van der Waals surface area contributed by atoms with Crippen LogP contribution in [0.15, 0.2) is 0 Å². The van der Waals surface area contributed by atoms with Crippen molar-refractivity contribution in [3.05, 3.63) is 0 Å². The van der Waals surface area contributed by atoms with Gasteiger partial charge in [-0.05, 0) is 0 Å². The molecule has 33 valence electrons. The van der Waals surface area contributed by atoms with Crippen LogP contribution >= 0.6 is 0 Å². The first kappa shape index (κ1) is 9.09. The van der Waals surface area contributed by atoms with Crippen LogP contribution in [0, 0.1) is 0 Å². The van der Waals surface area contributed by atoms with Gasteiger partial charge in [-0.3, -0.25) is 0 Å². The van der Waals surface area contributed by atoms with Gasteiger partial charge in [0.05, 0.1) is 0 Å². The second kappa shape index (κ2) is 4.50. The van der Waals surface area contributed by atoms with Crippen LogP contribution in [0.1, 0.15) is 0 Å². The normalized spacial score (nSPS) is 7.20. The second-order valence-corrected chi connectivity index (χ2v) is 7.79. The standard InChI is InChI=1S/C3H9Ge.H2O/c1-4(2)3;/h1-3H3;1H2. The van der Waals surface area contributed by atoms with Gasteiger partial charge in [0.25, 0.3) is 0 Å². The summed E-state index contributed by atoms with van der Waals surface area (Å²) in [5.41, 5.74) is 0. The van der Waals surface area contributed by atoms with Crippen molar-refractivity contribution in [3.63, 3.8) is 0 Å². The van der Waals surface area contributed by atoms with Crippen molar-refractivity contribution in [2.24, 2.45) is 0 Å². The van der Waals surface area contributed by atoms with Crippen LogP contribution in [-0.2, 0) is 0 Å². The van der Waals surface area contributed by atoms with Crippen molar-refractivity contribution >= 4 is 14.3 Å². The maximum atomic E-state index is 2.33. The zero-order valence-corrected chi connectivity index (χ0v) is 6.10. The molecule has 1 radical (unpaired) electrons. The fraction of sp³-hybridized carbons (Fsp3) is 1.00. The predicted octanol–water partition coefficient (Wildman–Crippen LogP) is 0.546. The van der Waals surface area contributed by atoms with Crippen molar-refractivity contribution in [3.8, 4) is 0 Å². The molecule has 2 heteroatoms. The molecule has 0 aromatic heterocycles. The molecular weight excluding hydrogens is 125 g/mol. The van der Waals surface area contributed by atoms with E-state index in [-0.39, 0.29) is 19.8 Å².